The molecule has 0 radical (unpaired) electrons. The third-order valence-corrected chi connectivity index (χ3v) is 7.88. The number of halogens is 1. The van der Waals surface area contributed by atoms with Crippen molar-refractivity contribution >= 4 is 11.6 Å². The molecule has 1 aromatic carbocycles. The molecule has 2 saturated heterocycles. The highest BCUT2D eigenvalue weighted by atomic mass is 19.1. The van der Waals surface area contributed by atoms with Crippen LogP contribution in [0.4, 0.5) is 4.39 Å². The molecule has 6 rings (SSSR count). The van der Waals surface area contributed by atoms with Gasteiger partial charge in [0.25, 0.3) is 5.91 Å². The van der Waals surface area contributed by atoms with Crippen molar-refractivity contribution in [3.05, 3.63) is 89.8 Å². The summed E-state index contributed by atoms with van der Waals surface area (Å²) in [5.74, 6) is 0.159. The average molecular weight is 498 g/mol. The van der Waals surface area contributed by atoms with Gasteiger partial charge in [-0.25, -0.2) is 9.37 Å². The topological polar surface area (TPSA) is 53.7 Å². The van der Waals surface area contributed by atoms with Gasteiger partial charge in [0.05, 0.1) is 17.0 Å². The summed E-state index contributed by atoms with van der Waals surface area (Å²) >= 11 is 0. The van der Waals surface area contributed by atoms with Crippen molar-refractivity contribution in [2.75, 3.05) is 19.6 Å². The summed E-state index contributed by atoms with van der Waals surface area (Å²) in [7, 11) is 0. The number of amides is 1. The van der Waals surface area contributed by atoms with Gasteiger partial charge in [0.15, 0.2) is 0 Å². The van der Waals surface area contributed by atoms with Gasteiger partial charge in [-0.2, -0.15) is 0 Å². The number of rotatable bonds is 5. The fraction of sp³-hybridized carbons (Fsp3) is 0.367. The van der Waals surface area contributed by atoms with E-state index in [-0.39, 0.29) is 17.5 Å². The standard InChI is InChI=1S/C30H32FN5O/c1-20(2)26-11-10-22(16-32-26)29-27(36-13-6-5-9-28(36)33-29)19-34-14-12-21-15-23(34)18-35(17-21)30(37)24-7-3-4-8-25(24)31/h3-11,13,16,20-21,23H,12,14-15,17-19H2,1-2H3. The van der Waals surface area contributed by atoms with Crippen LogP contribution >= 0.6 is 0 Å². The summed E-state index contributed by atoms with van der Waals surface area (Å²) in [5, 5.41) is 0. The quantitative estimate of drug-likeness (QED) is 0.371. The van der Waals surface area contributed by atoms with Crippen LogP contribution in [0.2, 0.25) is 0 Å². The number of hydrogen-bond donors (Lipinski definition) is 0. The first-order valence-electron chi connectivity index (χ1n) is 13.2. The fourth-order valence-corrected chi connectivity index (χ4v) is 5.87. The number of carbonyl (C=O) groups excluding carboxylic acids is 1. The minimum Gasteiger partial charge on any atom is -0.337 e. The van der Waals surface area contributed by atoms with Gasteiger partial charge in [0, 0.05) is 49.3 Å². The Hall–Kier alpha value is -3.58. The maximum atomic E-state index is 14.4. The Bertz CT molecular complexity index is 1430. The largest absolute Gasteiger partial charge is 0.337 e. The monoisotopic (exact) mass is 497 g/mol. The van der Waals surface area contributed by atoms with Crippen LogP contribution in [0, 0.1) is 11.7 Å². The van der Waals surface area contributed by atoms with Crippen LogP contribution < -0.4 is 0 Å². The number of pyridine rings is 2. The molecule has 7 heteroatoms. The lowest BCUT2D eigenvalue weighted by atomic mass is 9.86. The molecular formula is C30H32FN5O. The highest BCUT2D eigenvalue weighted by Gasteiger charge is 2.38. The molecule has 1 amide bonds. The number of fused-ring (bicyclic) bond motifs is 3. The molecule has 2 aliphatic heterocycles. The van der Waals surface area contributed by atoms with Gasteiger partial charge in [0.2, 0.25) is 0 Å². The van der Waals surface area contributed by atoms with Crippen molar-refractivity contribution < 1.29 is 9.18 Å². The lowest BCUT2D eigenvalue weighted by molar-refractivity contribution is 0.0154. The number of piperidine rings is 2. The Morgan fingerprint density at radius 3 is 2.70 bits per heavy atom. The number of imidazole rings is 1. The number of carbonyl (C=O) groups is 1. The summed E-state index contributed by atoms with van der Waals surface area (Å²) in [6.07, 6.45) is 6.08. The van der Waals surface area contributed by atoms with E-state index >= 15 is 0 Å². The first kappa shape index (κ1) is 23.8. The summed E-state index contributed by atoms with van der Waals surface area (Å²) < 4.78 is 16.5. The van der Waals surface area contributed by atoms with Crippen LogP contribution in [0.1, 0.15) is 54.4 Å². The normalized spacial score (nSPS) is 20.1. The van der Waals surface area contributed by atoms with E-state index in [1.165, 1.54) is 6.07 Å². The van der Waals surface area contributed by atoms with Gasteiger partial charge in [0.1, 0.15) is 11.5 Å². The highest BCUT2D eigenvalue weighted by Crippen LogP contribution is 2.33. The Morgan fingerprint density at radius 1 is 1.08 bits per heavy atom. The van der Waals surface area contributed by atoms with Crippen LogP contribution in [-0.4, -0.2) is 55.8 Å². The second-order valence-electron chi connectivity index (χ2n) is 10.7. The Balaban J connectivity index is 1.29. The van der Waals surface area contributed by atoms with Crippen LogP contribution in [0.25, 0.3) is 16.9 Å². The van der Waals surface area contributed by atoms with Crippen molar-refractivity contribution in [2.45, 2.75) is 45.2 Å². The van der Waals surface area contributed by atoms with Crippen molar-refractivity contribution in [1.82, 2.24) is 24.2 Å². The zero-order valence-electron chi connectivity index (χ0n) is 21.3. The molecule has 2 bridgehead atoms. The molecule has 2 atom stereocenters. The molecule has 37 heavy (non-hydrogen) atoms. The fourth-order valence-electron chi connectivity index (χ4n) is 5.87. The number of hydrogen-bond acceptors (Lipinski definition) is 4. The summed E-state index contributed by atoms with van der Waals surface area (Å²) in [6.45, 7) is 7.30. The van der Waals surface area contributed by atoms with Crippen molar-refractivity contribution in [1.29, 1.82) is 0 Å². The second kappa shape index (κ2) is 9.71. The Kier molecular flexibility index (Phi) is 6.24. The van der Waals surface area contributed by atoms with E-state index in [1.54, 1.807) is 18.2 Å². The Labute approximate surface area is 216 Å². The van der Waals surface area contributed by atoms with E-state index in [1.807, 2.05) is 29.3 Å². The van der Waals surface area contributed by atoms with Gasteiger partial charge in [-0.05, 0) is 67.6 Å². The van der Waals surface area contributed by atoms with Crippen LogP contribution in [0.3, 0.4) is 0 Å². The predicted octanol–water partition coefficient (Wildman–Crippen LogP) is 5.40. The van der Waals surface area contributed by atoms with E-state index in [0.717, 1.165) is 54.2 Å². The maximum Gasteiger partial charge on any atom is 0.256 e. The number of aromatic nitrogens is 3. The SMILES string of the molecule is CC(C)c1ccc(-c2nc3ccccn3c2CN2CCC3CC2CN(C(=O)c2ccccc2F)C3)cn1. The van der Waals surface area contributed by atoms with Crippen molar-refractivity contribution in [3.63, 3.8) is 0 Å². The predicted molar refractivity (Wildman–Crippen MR) is 142 cm³/mol. The number of benzene rings is 1. The first-order chi connectivity index (χ1) is 18.0. The van der Waals surface area contributed by atoms with E-state index in [9.17, 15) is 9.18 Å². The summed E-state index contributed by atoms with van der Waals surface area (Å²) in [4.78, 5) is 27.2. The van der Waals surface area contributed by atoms with Crippen LogP contribution in [0.5, 0.6) is 0 Å². The molecule has 0 N–H and O–H groups in total. The van der Waals surface area contributed by atoms with Crippen LogP contribution in [0.15, 0.2) is 67.0 Å². The van der Waals surface area contributed by atoms with Crippen LogP contribution in [-0.2, 0) is 6.54 Å². The summed E-state index contributed by atoms with van der Waals surface area (Å²) in [5.41, 5.74) is 5.23. The van der Waals surface area contributed by atoms with E-state index in [2.05, 4.69) is 41.5 Å². The molecule has 0 saturated carbocycles. The molecule has 0 spiro atoms. The molecule has 2 aliphatic rings. The van der Waals surface area contributed by atoms with Gasteiger partial charge >= 0.3 is 0 Å². The zero-order valence-corrected chi connectivity index (χ0v) is 21.3. The van der Waals surface area contributed by atoms with Crippen molar-refractivity contribution in [3.8, 4) is 11.3 Å². The molecule has 3 aromatic heterocycles. The third kappa shape index (κ3) is 4.53. The molecule has 6 nitrogen and oxygen atoms in total. The van der Waals surface area contributed by atoms with Gasteiger partial charge in [-0.1, -0.05) is 32.0 Å². The van der Waals surface area contributed by atoms with E-state index in [4.69, 9.17) is 9.97 Å². The average Bonchev–Trinajstić information content (AvgIpc) is 3.28. The van der Waals surface area contributed by atoms with Gasteiger partial charge in [-0.15, -0.1) is 0 Å². The van der Waals surface area contributed by atoms with Gasteiger partial charge < -0.3 is 9.30 Å². The molecule has 190 valence electrons. The Morgan fingerprint density at radius 2 is 1.92 bits per heavy atom. The number of nitrogens with zero attached hydrogens (tertiary/aromatic N) is 5. The smallest absolute Gasteiger partial charge is 0.256 e. The zero-order chi connectivity index (χ0) is 25.5. The van der Waals surface area contributed by atoms with E-state index in [0.29, 0.717) is 24.9 Å². The first-order valence-corrected chi connectivity index (χ1v) is 13.2. The molecular weight excluding hydrogens is 465 g/mol. The molecule has 2 fully saturated rings. The lowest BCUT2D eigenvalue weighted by Crippen LogP contribution is -2.56. The number of likely N-dealkylation sites (tertiary alicyclic amines) is 2. The van der Waals surface area contributed by atoms with E-state index < -0.39 is 5.82 Å². The molecule has 0 aliphatic carbocycles. The minimum atomic E-state index is -0.451. The second-order valence-corrected chi connectivity index (χ2v) is 10.7. The highest BCUT2D eigenvalue weighted by molar-refractivity contribution is 5.94. The van der Waals surface area contributed by atoms with Crippen molar-refractivity contribution in [2.24, 2.45) is 5.92 Å². The maximum absolute atomic E-state index is 14.4. The summed E-state index contributed by atoms with van der Waals surface area (Å²) in [6, 6.07) is 16.8. The molecule has 5 heterocycles. The lowest BCUT2D eigenvalue weighted by Gasteiger charge is -2.47. The van der Waals surface area contributed by atoms with Gasteiger partial charge in [-0.3, -0.25) is 14.7 Å². The molecule has 4 aromatic rings. The molecule has 2 unspecified atom stereocenters. The minimum absolute atomic E-state index is 0.162. The third-order valence-electron chi connectivity index (χ3n) is 7.88.